The number of methoxy groups -OCH3 is 1. The molecule has 4 heteroatoms. The van der Waals surface area contributed by atoms with Crippen molar-refractivity contribution in [3.63, 3.8) is 0 Å². The minimum atomic E-state index is -0.838. The first-order valence-corrected chi connectivity index (χ1v) is 10.5. The number of hydrogen-bond donors (Lipinski definition) is 0. The number of ether oxygens (including phenoxy) is 1. The van der Waals surface area contributed by atoms with Crippen molar-refractivity contribution in [1.82, 2.24) is 0 Å². The number of benzene rings is 2. The van der Waals surface area contributed by atoms with Gasteiger partial charge in [-0.1, -0.05) is 31.9 Å². The molecular formula is C24H28F2O2. The highest BCUT2D eigenvalue weighted by Gasteiger charge is 2.35. The van der Waals surface area contributed by atoms with Gasteiger partial charge in [0.05, 0.1) is 18.1 Å². The molecule has 0 aromatic heterocycles. The fourth-order valence-corrected chi connectivity index (χ4v) is 5.56. The van der Waals surface area contributed by atoms with Gasteiger partial charge in [0, 0.05) is 0 Å². The van der Waals surface area contributed by atoms with Gasteiger partial charge in [0.2, 0.25) is 0 Å². The SMILES string of the molecule is CCC1CCC2CC(c3cc(F)c4c(F)c(C(=O)OC)ccc4c3)CCC2C1. The highest BCUT2D eigenvalue weighted by molar-refractivity contribution is 5.96. The topological polar surface area (TPSA) is 26.3 Å². The Labute approximate surface area is 165 Å². The van der Waals surface area contributed by atoms with Gasteiger partial charge in [0.25, 0.3) is 0 Å². The van der Waals surface area contributed by atoms with E-state index in [1.165, 1.54) is 51.3 Å². The van der Waals surface area contributed by atoms with Crippen LogP contribution in [0.1, 0.15) is 73.7 Å². The molecule has 2 aromatic carbocycles. The lowest BCUT2D eigenvalue weighted by atomic mass is 9.63. The fourth-order valence-electron chi connectivity index (χ4n) is 5.56. The van der Waals surface area contributed by atoms with Gasteiger partial charge < -0.3 is 4.74 Å². The van der Waals surface area contributed by atoms with Crippen LogP contribution in [0.4, 0.5) is 8.78 Å². The third-order valence-corrected chi connectivity index (χ3v) is 7.20. The average molecular weight is 386 g/mol. The summed E-state index contributed by atoms with van der Waals surface area (Å²) in [4.78, 5) is 11.7. The van der Waals surface area contributed by atoms with Crippen LogP contribution in [0.3, 0.4) is 0 Å². The Hall–Kier alpha value is -1.97. The molecule has 2 aliphatic rings. The normalized spacial score (nSPS) is 27.4. The lowest BCUT2D eigenvalue weighted by molar-refractivity contribution is 0.0596. The number of carbonyl (C=O) groups excluding carboxylic acids is 1. The van der Waals surface area contributed by atoms with Crippen molar-refractivity contribution in [2.75, 3.05) is 7.11 Å². The first-order valence-electron chi connectivity index (χ1n) is 10.5. The Morgan fingerprint density at radius 1 is 1.07 bits per heavy atom. The number of fused-ring (bicyclic) bond motifs is 2. The molecule has 2 fully saturated rings. The van der Waals surface area contributed by atoms with Crippen LogP contribution in [0.15, 0.2) is 24.3 Å². The standard InChI is InChI=1S/C24H28F2O2/c1-3-14-4-5-16-11-17(7-6-15(16)10-14)19-12-18-8-9-20(24(27)28-2)23(26)22(18)21(25)13-19/h8-9,12-17H,3-7,10-11H2,1-2H3. The maximum absolute atomic E-state index is 14.8. The van der Waals surface area contributed by atoms with Crippen LogP contribution < -0.4 is 0 Å². The zero-order chi connectivity index (χ0) is 19.8. The van der Waals surface area contributed by atoms with E-state index in [4.69, 9.17) is 0 Å². The summed E-state index contributed by atoms with van der Waals surface area (Å²) in [5.41, 5.74) is 0.737. The van der Waals surface area contributed by atoms with E-state index in [-0.39, 0.29) is 10.9 Å². The quantitative estimate of drug-likeness (QED) is 0.555. The van der Waals surface area contributed by atoms with Crippen LogP contribution in [0.25, 0.3) is 10.8 Å². The zero-order valence-corrected chi connectivity index (χ0v) is 16.6. The summed E-state index contributed by atoms with van der Waals surface area (Å²) in [6.45, 7) is 2.29. The molecule has 0 radical (unpaired) electrons. The van der Waals surface area contributed by atoms with E-state index < -0.39 is 17.6 Å². The summed E-state index contributed by atoms with van der Waals surface area (Å²) < 4.78 is 34.1. The maximum atomic E-state index is 14.8. The molecule has 4 unspecified atom stereocenters. The Morgan fingerprint density at radius 2 is 1.82 bits per heavy atom. The Kier molecular flexibility index (Phi) is 5.39. The van der Waals surface area contributed by atoms with E-state index >= 15 is 0 Å². The van der Waals surface area contributed by atoms with Gasteiger partial charge in [-0.3, -0.25) is 0 Å². The molecule has 0 spiro atoms. The molecule has 150 valence electrons. The van der Waals surface area contributed by atoms with E-state index in [0.717, 1.165) is 36.2 Å². The fraction of sp³-hybridized carbons (Fsp3) is 0.542. The second kappa shape index (κ2) is 7.81. The monoisotopic (exact) mass is 386 g/mol. The molecule has 0 bridgehead atoms. The Morgan fingerprint density at radius 3 is 2.57 bits per heavy atom. The molecule has 0 heterocycles. The summed E-state index contributed by atoms with van der Waals surface area (Å²) in [6, 6.07) is 6.39. The second-order valence-electron chi connectivity index (χ2n) is 8.64. The van der Waals surface area contributed by atoms with Crippen molar-refractivity contribution >= 4 is 16.7 Å². The minimum Gasteiger partial charge on any atom is -0.465 e. The zero-order valence-electron chi connectivity index (χ0n) is 16.6. The molecule has 4 rings (SSSR count). The van der Waals surface area contributed by atoms with Crippen LogP contribution >= 0.6 is 0 Å². The maximum Gasteiger partial charge on any atom is 0.340 e. The third-order valence-electron chi connectivity index (χ3n) is 7.20. The van der Waals surface area contributed by atoms with Crippen molar-refractivity contribution < 1.29 is 18.3 Å². The number of esters is 1. The third kappa shape index (κ3) is 3.42. The molecule has 2 saturated carbocycles. The molecule has 2 nitrogen and oxygen atoms in total. The summed E-state index contributed by atoms with van der Waals surface area (Å²) >= 11 is 0. The lowest BCUT2D eigenvalue weighted by Crippen LogP contribution is -2.30. The van der Waals surface area contributed by atoms with Gasteiger partial charge in [-0.2, -0.15) is 0 Å². The molecule has 2 aromatic rings. The molecule has 28 heavy (non-hydrogen) atoms. The lowest BCUT2D eigenvalue weighted by Gasteiger charge is -2.42. The van der Waals surface area contributed by atoms with Crippen molar-refractivity contribution in [1.29, 1.82) is 0 Å². The molecule has 4 atom stereocenters. The molecular weight excluding hydrogens is 358 g/mol. The van der Waals surface area contributed by atoms with Gasteiger partial charge in [-0.05, 0) is 78.9 Å². The smallest absolute Gasteiger partial charge is 0.340 e. The van der Waals surface area contributed by atoms with Crippen LogP contribution in [0.5, 0.6) is 0 Å². The van der Waals surface area contributed by atoms with Crippen molar-refractivity contribution in [2.45, 2.75) is 57.8 Å². The molecule has 0 N–H and O–H groups in total. The largest absolute Gasteiger partial charge is 0.465 e. The summed E-state index contributed by atoms with van der Waals surface area (Å²) in [5.74, 6) is 0.551. The number of carbonyl (C=O) groups is 1. The average Bonchev–Trinajstić information content (AvgIpc) is 2.72. The van der Waals surface area contributed by atoms with Crippen molar-refractivity contribution in [2.24, 2.45) is 17.8 Å². The van der Waals surface area contributed by atoms with E-state index in [1.807, 2.05) is 6.07 Å². The van der Waals surface area contributed by atoms with Gasteiger partial charge >= 0.3 is 5.97 Å². The van der Waals surface area contributed by atoms with Crippen LogP contribution in [0.2, 0.25) is 0 Å². The van der Waals surface area contributed by atoms with Crippen LogP contribution in [0, 0.1) is 29.4 Å². The molecule has 0 amide bonds. The van der Waals surface area contributed by atoms with Crippen molar-refractivity contribution in [3.05, 3.63) is 47.0 Å². The van der Waals surface area contributed by atoms with Gasteiger partial charge in [-0.15, -0.1) is 0 Å². The van der Waals surface area contributed by atoms with Crippen LogP contribution in [-0.2, 0) is 4.74 Å². The van der Waals surface area contributed by atoms with Crippen molar-refractivity contribution in [3.8, 4) is 0 Å². The molecule has 0 aliphatic heterocycles. The minimum absolute atomic E-state index is 0.121. The Bertz CT molecular complexity index is 892. The Balaban J connectivity index is 1.61. The first-order chi connectivity index (χ1) is 13.5. The van der Waals surface area contributed by atoms with E-state index in [2.05, 4.69) is 11.7 Å². The summed E-state index contributed by atoms with van der Waals surface area (Å²) in [6.07, 6.45) is 8.62. The molecule has 2 aliphatic carbocycles. The van der Waals surface area contributed by atoms with E-state index in [9.17, 15) is 13.6 Å². The number of hydrogen-bond acceptors (Lipinski definition) is 2. The van der Waals surface area contributed by atoms with Gasteiger partial charge in [0.1, 0.15) is 11.6 Å². The summed E-state index contributed by atoms with van der Waals surface area (Å²) in [7, 11) is 1.19. The summed E-state index contributed by atoms with van der Waals surface area (Å²) in [5, 5.41) is 0.390. The highest BCUT2D eigenvalue weighted by atomic mass is 19.1. The van der Waals surface area contributed by atoms with Crippen LogP contribution in [-0.4, -0.2) is 13.1 Å². The highest BCUT2D eigenvalue weighted by Crippen LogP contribution is 2.48. The van der Waals surface area contributed by atoms with Gasteiger partial charge in [-0.25, -0.2) is 13.6 Å². The first kappa shape index (κ1) is 19.4. The number of halogens is 2. The second-order valence-corrected chi connectivity index (χ2v) is 8.64. The number of rotatable bonds is 3. The van der Waals surface area contributed by atoms with E-state index in [1.54, 1.807) is 6.07 Å². The van der Waals surface area contributed by atoms with Gasteiger partial charge in [0.15, 0.2) is 0 Å². The predicted octanol–water partition coefficient (Wildman–Crippen LogP) is 6.61. The molecule has 0 saturated heterocycles. The van der Waals surface area contributed by atoms with E-state index in [0.29, 0.717) is 11.3 Å². The predicted molar refractivity (Wildman–Crippen MR) is 106 cm³/mol.